The van der Waals surface area contributed by atoms with Crippen LogP contribution in [0.5, 0.6) is 0 Å². The summed E-state index contributed by atoms with van der Waals surface area (Å²) >= 11 is 1.53. The summed E-state index contributed by atoms with van der Waals surface area (Å²) in [7, 11) is 0. The number of ketones is 1. The minimum atomic E-state index is -1.02. The number of piperidine rings is 1. The molecule has 7 heteroatoms. The van der Waals surface area contributed by atoms with Crippen molar-refractivity contribution in [1.82, 2.24) is 10.2 Å². The Morgan fingerprint density at radius 1 is 0.974 bits per heavy atom. The van der Waals surface area contributed by atoms with E-state index in [0.29, 0.717) is 18.8 Å². The lowest BCUT2D eigenvalue weighted by Gasteiger charge is -2.32. The molecular weight excluding hydrogens is 496 g/mol. The molecule has 0 aliphatic carbocycles. The fourth-order valence-electron chi connectivity index (χ4n) is 5.10. The van der Waals surface area contributed by atoms with Crippen molar-refractivity contribution in [2.45, 2.75) is 118 Å². The standard InChI is InChI=1S/C31H56N2O4S/c1-23(2)11-7-12-24(3)13-8-14-25(4)15-9-16-26(5)18-20-38-22-29(30(35)36)32-31(37)33-19-10-17-28(21-33)27(6)34/h18,23-25,28-29H,7-17,19-22H2,1-6H3,(H,32,37)(H,35,36)/b26-18+. The number of amides is 2. The number of carboxylic acids is 1. The molecule has 0 aromatic rings. The van der Waals surface area contributed by atoms with Gasteiger partial charge in [-0.3, -0.25) is 4.79 Å². The molecule has 1 saturated heterocycles. The number of hydrogen-bond acceptors (Lipinski definition) is 4. The summed E-state index contributed by atoms with van der Waals surface area (Å²) in [6.45, 7) is 14.0. The summed E-state index contributed by atoms with van der Waals surface area (Å²) < 4.78 is 0. The second-order valence-electron chi connectivity index (χ2n) is 12.2. The van der Waals surface area contributed by atoms with Crippen molar-refractivity contribution in [3.63, 3.8) is 0 Å². The maximum Gasteiger partial charge on any atom is 0.327 e. The van der Waals surface area contributed by atoms with Crippen LogP contribution >= 0.6 is 11.8 Å². The van der Waals surface area contributed by atoms with E-state index in [1.807, 2.05) is 0 Å². The Balaban J connectivity index is 2.23. The monoisotopic (exact) mass is 552 g/mol. The first-order valence-electron chi connectivity index (χ1n) is 15.0. The number of rotatable bonds is 19. The van der Waals surface area contributed by atoms with E-state index in [1.165, 1.54) is 68.7 Å². The molecule has 0 bridgehead atoms. The van der Waals surface area contributed by atoms with Gasteiger partial charge in [-0.1, -0.05) is 84.3 Å². The van der Waals surface area contributed by atoms with Crippen LogP contribution in [0.15, 0.2) is 11.6 Å². The van der Waals surface area contributed by atoms with Gasteiger partial charge in [-0.15, -0.1) is 0 Å². The van der Waals surface area contributed by atoms with Crippen LogP contribution in [-0.2, 0) is 9.59 Å². The first-order valence-corrected chi connectivity index (χ1v) is 16.2. The van der Waals surface area contributed by atoms with Crippen molar-refractivity contribution in [3.8, 4) is 0 Å². The normalized spacial score (nSPS) is 18.8. The van der Waals surface area contributed by atoms with E-state index >= 15 is 0 Å². The van der Waals surface area contributed by atoms with Crippen molar-refractivity contribution in [2.75, 3.05) is 24.6 Å². The van der Waals surface area contributed by atoms with Crippen LogP contribution in [-0.4, -0.2) is 58.4 Å². The van der Waals surface area contributed by atoms with Crippen LogP contribution in [0.4, 0.5) is 4.79 Å². The Bertz CT molecular complexity index is 739. The van der Waals surface area contributed by atoms with Gasteiger partial charge < -0.3 is 15.3 Å². The fraction of sp³-hybridized carbons (Fsp3) is 0.839. The van der Waals surface area contributed by atoms with E-state index in [1.54, 1.807) is 11.8 Å². The highest BCUT2D eigenvalue weighted by atomic mass is 32.2. The number of aliphatic carboxylic acids is 1. The molecule has 0 aromatic carbocycles. The first-order chi connectivity index (χ1) is 18.0. The Labute approximate surface area is 237 Å². The van der Waals surface area contributed by atoms with Gasteiger partial charge >= 0.3 is 12.0 Å². The van der Waals surface area contributed by atoms with Gasteiger partial charge in [0, 0.05) is 30.5 Å². The number of nitrogens with zero attached hydrogens (tertiary/aromatic N) is 1. The lowest BCUT2D eigenvalue weighted by Crippen LogP contribution is -2.52. The van der Waals surface area contributed by atoms with Crippen LogP contribution in [0.25, 0.3) is 0 Å². The maximum atomic E-state index is 12.6. The number of carbonyl (C=O) groups excluding carboxylic acids is 2. The first kappa shape index (κ1) is 34.5. The van der Waals surface area contributed by atoms with E-state index in [0.717, 1.165) is 42.8 Å². The Kier molecular flexibility index (Phi) is 17.8. The number of thioether (sulfide) groups is 1. The van der Waals surface area contributed by atoms with Crippen molar-refractivity contribution >= 4 is 29.5 Å². The summed E-state index contributed by atoms with van der Waals surface area (Å²) in [4.78, 5) is 37.5. The van der Waals surface area contributed by atoms with Gasteiger partial charge in [0.2, 0.25) is 0 Å². The quantitative estimate of drug-likeness (QED) is 0.127. The summed E-state index contributed by atoms with van der Waals surface area (Å²) in [6.07, 6.45) is 15.4. The number of allylic oxidation sites excluding steroid dienone is 1. The Morgan fingerprint density at radius 2 is 1.58 bits per heavy atom. The third kappa shape index (κ3) is 15.8. The second kappa shape index (κ2) is 19.5. The van der Waals surface area contributed by atoms with Crippen LogP contribution in [0.1, 0.15) is 112 Å². The van der Waals surface area contributed by atoms with Gasteiger partial charge in [0.25, 0.3) is 0 Å². The van der Waals surface area contributed by atoms with E-state index in [2.05, 4.69) is 46.0 Å². The van der Waals surface area contributed by atoms with Gasteiger partial charge in [-0.05, 0) is 57.3 Å². The summed E-state index contributed by atoms with van der Waals surface area (Å²) in [5.74, 6) is 2.42. The topological polar surface area (TPSA) is 86.7 Å². The fourth-order valence-corrected chi connectivity index (χ4v) is 6.11. The van der Waals surface area contributed by atoms with Crippen molar-refractivity contribution in [1.29, 1.82) is 0 Å². The SMILES string of the molecule is CC(=O)C1CCCN(C(=O)NC(CSC/C=C(\C)CCCC(C)CCCC(C)CCCC(C)C)C(=O)O)C1. The maximum absolute atomic E-state index is 12.6. The predicted molar refractivity (Wildman–Crippen MR) is 161 cm³/mol. The molecule has 2 N–H and O–H groups in total. The van der Waals surface area contributed by atoms with Crippen molar-refractivity contribution in [2.24, 2.45) is 23.7 Å². The zero-order valence-electron chi connectivity index (χ0n) is 25.1. The molecule has 220 valence electrons. The highest BCUT2D eigenvalue weighted by molar-refractivity contribution is 7.99. The zero-order chi connectivity index (χ0) is 28.5. The van der Waals surface area contributed by atoms with Crippen LogP contribution in [0.2, 0.25) is 0 Å². The second-order valence-corrected chi connectivity index (χ2v) is 13.3. The third-order valence-electron chi connectivity index (χ3n) is 7.85. The average Bonchev–Trinajstić information content (AvgIpc) is 2.85. The molecule has 4 atom stereocenters. The van der Waals surface area contributed by atoms with Gasteiger partial charge in [-0.25, -0.2) is 9.59 Å². The molecule has 1 heterocycles. The molecule has 1 aliphatic heterocycles. The number of Topliss-reactive ketones (excluding diaryl/α,β-unsaturated/α-hetero) is 1. The number of hydrogen-bond donors (Lipinski definition) is 2. The number of urea groups is 1. The molecule has 1 rings (SSSR count). The molecule has 1 aliphatic rings. The number of nitrogens with one attached hydrogen (secondary N) is 1. The molecule has 0 aromatic heterocycles. The van der Waals surface area contributed by atoms with Crippen molar-refractivity contribution in [3.05, 3.63) is 11.6 Å². The van der Waals surface area contributed by atoms with Crippen molar-refractivity contribution < 1.29 is 19.5 Å². The molecule has 4 unspecified atom stereocenters. The van der Waals surface area contributed by atoms with E-state index < -0.39 is 12.0 Å². The summed E-state index contributed by atoms with van der Waals surface area (Å²) in [6, 6.07) is -1.32. The molecule has 1 fully saturated rings. The molecule has 2 amide bonds. The Morgan fingerprint density at radius 3 is 2.16 bits per heavy atom. The minimum Gasteiger partial charge on any atom is -0.480 e. The molecule has 0 saturated carbocycles. The van der Waals surface area contributed by atoms with Gasteiger partial charge in [0.1, 0.15) is 11.8 Å². The average molecular weight is 553 g/mol. The lowest BCUT2D eigenvalue weighted by atomic mass is 9.91. The predicted octanol–water partition coefficient (Wildman–Crippen LogP) is 7.57. The van der Waals surface area contributed by atoms with Crippen LogP contribution < -0.4 is 5.32 Å². The highest BCUT2D eigenvalue weighted by Crippen LogP contribution is 2.22. The highest BCUT2D eigenvalue weighted by Gasteiger charge is 2.29. The van der Waals surface area contributed by atoms with Crippen LogP contribution in [0.3, 0.4) is 0 Å². The molecule has 38 heavy (non-hydrogen) atoms. The number of likely N-dealkylation sites (tertiary alicyclic amines) is 1. The molecule has 0 radical (unpaired) electrons. The largest absolute Gasteiger partial charge is 0.480 e. The smallest absolute Gasteiger partial charge is 0.327 e. The van der Waals surface area contributed by atoms with Gasteiger partial charge in [0.05, 0.1) is 0 Å². The van der Waals surface area contributed by atoms with Gasteiger partial charge in [0.15, 0.2) is 0 Å². The third-order valence-corrected chi connectivity index (χ3v) is 8.83. The molecule has 0 spiro atoms. The van der Waals surface area contributed by atoms with E-state index in [4.69, 9.17) is 0 Å². The van der Waals surface area contributed by atoms with E-state index in [9.17, 15) is 19.5 Å². The van der Waals surface area contributed by atoms with Gasteiger partial charge in [-0.2, -0.15) is 11.8 Å². The lowest BCUT2D eigenvalue weighted by molar-refractivity contribution is -0.138. The summed E-state index contributed by atoms with van der Waals surface area (Å²) in [5.41, 5.74) is 1.35. The Hall–Kier alpha value is -1.50. The summed E-state index contributed by atoms with van der Waals surface area (Å²) in [5, 5.41) is 12.2. The molecular formula is C31H56N2O4S. The zero-order valence-corrected chi connectivity index (χ0v) is 25.9. The molecule has 6 nitrogen and oxygen atoms in total. The number of carbonyl (C=O) groups is 3. The van der Waals surface area contributed by atoms with E-state index in [-0.39, 0.29) is 17.7 Å². The minimum absolute atomic E-state index is 0.0852. The number of carboxylic acid groups (broad SMARTS) is 1. The van der Waals surface area contributed by atoms with Crippen LogP contribution in [0, 0.1) is 23.7 Å².